The lowest BCUT2D eigenvalue weighted by Crippen LogP contribution is -2.51. The standard InChI is InChI=1S/C26H34N2O3/c1-30-23-12-10-22(11-13-23)26(14-6-3-7-15-26)25(29)27-18-24-20-28(16-17-31-24)19-21-8-4-2-5-9-21/h2,4-5,8-13,24H,3,6-7,14-20H2,1H3,(H,27,29). The molecule has 4 rings (SSSR count). The molecule has 1 unspecified atom stereocenters. The topological polar surface area (TPSA) is 50.8 Å². The molecule has 5 nitrogen and oxygen atoms in total. The Morgan fingerprint density at radius 2 is 1.84 bits per heavy atom. The molecule has 2 fully saturated rings. The lowest BCUT2D eigenvalue weighted by atomic mass is 9.68. The summed E-state index contributed by atoms with van der Waals surface area (Å²) in [5, 5.41) is 3.25. The molecule has 2 aromatic carbocycles. The molecular formula is C26H34N2O3. The van der Waals surface area contributed by atoms with Crippen molar-refractivity contribution in [1.29, 1.82) is 0 Å². The first-order chi connectivity index (χ1) is 15.2. The maximum absolute atomic E-state index is 13.5. The number of nitrogens with zero attached hydrogens (tertiary/aromatic N) is 1. The number of amides is 1. The molecule has 1 saturated heterocycles. The van der Waals surface area contributed by atoms with Crippen LogP contribution in [-0.2, 0) is 21.5 Å². The zero-order chi connectivity index (χ0) is 21.5. The van der Waals surface area contributed by atoms with Gasteiger partial charge in [-0.05, 0) is 36.1 Å². The molecular weight excluding hydrogens is 388 g/mol. The number of rotatable bonds is 7. The predicted octanol–water partition coefficient (Wildman–Crippen LogP) is 3.91. The lowest BCUT2D eigenvalue weighted by molar-refractivity contribution is -0.129. The molecule has 1 aliphatic heterocycles. The quantitative estimate of drug-likeness (QED) is 0.735. The van der Waals surface area contributed by atoms with Gasteiger partial charge in [0.1, 0.15) is 5.75 Å². The zero-order valence-electron chi connectivity index (χ0n) is 18.5. The van der Waals surface area contributed by atoms with Crippen LogP contribution in [0.4, 0.5) is 0 Å². The van der Waals surface area contributed by atoms with E-state index in [4.69, 9.17) is 9.47 Å². The normalized spacial score (nSPS) is 21.4. The number of benzene rings is 2. The number of ether oxygens (including phenoxy) is 2. The van der Waals surface area contributed by atoms with Crippen molar-refractivity contribution in [2.45, 2.75) is 50.2 Å². The van der Waals surface area contributed by atoms with Crippen LogP contribution in [0.25, 0.3) is 0 Å². The number of morpholine rings is 1. The van der Waals surface area contributed by atoms with Gasteiger partial charge in [-0.25, -0.2) is 0 Å². The Labute approximate surface area is 185 Å². The van der Waals surface area contributed by atoms with Crippen molar-refractivity contribution in [3.63, 3.8) is 0 Å². The van der Waals surface area contributed by atoms with Crippen LogP contribution in [-0.4, -0.2) is 50.3 Å². The van der Waals surface area contributed by atoms with Gasteiger partial charge in [0.2, 0.25) is 5.91 Å². The molecule has 0 bridgehead atoms. The second-order valence-electron chi connectivity index (χ2n) is 8.79. The van der Waals surface area contributed by atoms with E-state index in [1.165, 1.54) is 12.0 Å². The minimum absolute atomic E-state index is 0.0259. The van der Waals surface area contributed by atoms with E-state index in [1.54, 1.807) is 7.11 Å². The van der Waals surface area contributed by atoms with Crippen molar-refractivity contribution in [2.24, 2.45) is 0 Å². The summed E-state index contributed by atoms with van der Waals surface area (Å²) in [5.41, 5.74) is 1.97. The second-order valence-corrected chi connectivity index (χ2v) is 8.79. The maximum atomic E-state index is 13.5. The number of carbonyl (C=O) groups excluding carboxylic acids is 1. The van der Waals surface area contributed by atoms with E-state index in [-0.39, 0.29) is 12.0 Å². The molecule has 1 amide bonds. The maximum Gasteiger partial charge on any atom is 0.230 e. The number of hydrogen-bond donors (Lipinski definition) is 1. The molecule has 0 radical (unpaired) electrons. The highest BCUT2D eigenvalue weighted by atomic mass is 16.5. The molecule has 31 heavy (non-hydrogen) atoms. The Bertz CT molecular complexity index is 831. The average Bonchev–Trinajstić information content (AvgIpc) is 2.84. The van der Waals surface area contributed by atoms with Crippen LogP contribution in [0.15, 0.2) is 54.6 Å². The Hall–Kier alpha value is -2.37. The molecule has 2 aromatic rings. The van der Waals surface area contributed by atoms with Crippen molar-refractivity contribution >= 4 is 5.91 Å². The van der Waals surface area contributed by atoms with Crippen molar-refractivity contribution in [2.75, 3.05) is 33.4 Å². The molecule has 0 spiro atoms. The fourth-order valence-electron chi connectivity index (χ4n) is 4.98. The molecule has 1 atom stereocenters. The van der Waals surface area contributed by atoms with Crippen LogP contribution in [0.1, 0.15) is 43.2 Å². The largest absolute Gasteiger partial charge is 0.497 e. The number of hydrogen-bond acceptors (Lipinski definition) is 4. The fourth-order valence-corrected chi connectivity index (χ4v) is 4.98. The van der Waals surface area contributed by atoms with Crippen LogP contribution in [0.3, 0.4) is 0 Å². The van der Waals surface area contributed by atoms with Gasteiger partial charge in [0, 0.05) is 26.2 Å². The van der Waals surface area contributed by atoms with Crippen LogP contribution in [0.2, 0.25) is 0 Å². The minimum atomic E-state index is -0.442. The Morgan fingerprint density at radius 3 is 2.55 bits per heavy atom. The van der Waals surface area contributed by atoms with E-state index < -0.39 is 5.41 Å². The summed E-state index contributed by atoms with van der Waals surface area (Å²) in [7, 11) is 1.67. The minimum Gasteiger partial charge on any atom is -0.497 e. The van der Waals surface area contributed by atoms with Crippen LogP contribution in [0.5, 0.6) is 5.75 Å². The number of carbonyl (C=O) groups is 1. The number of nitrogens with one attached hydrogen (secondary N) is 1. The van der Waals surface area contributed by atoms with Gasteiger partial charge < -0.3 is 14.8 Å². The summed E-state index contributed by atoms with van der Waals surface area (Å²) < 4.78 is 11.3. The highest BCUT2D eigenvalue weighted by Gasteiger charge is 2.41. The van der Waals surface area contributed by atoms with Gasteiger partial charge in [-0.3, -0.25) is 9.69 Å². The third kappa shape index (κ3) is 5.28. The molecule has 166 valence electrons. The molecule has 1 aliphatic carbocycles. The Morgan fingerprint density at radius 1 is 1.10 bits per heavy atom. The van der Waals surface area contributed by atoms with Crippen LogP contribution in [0, 0.1) is 0 Å². The van der Waals surface area contributed by atoms with E-state index >= 15 is 0 Å². The molecule has 2 aliphatic rings. The summed E-state index contributed by atoms with van der Waals surface area (Å²) >= 11 is 0. The van der Waals surface area contributed by atoms with Gasteiger partial charge in [-0.1, -0.05) is 61.7 Å². The van der Waals surface area contributed by atoms with Gasteiger partial charge in [-0.2, -0.15) is 0 Å². The first kappa shape index (κ1) is 21.8. The van der Waals surface area contributed by atoms with E-state index in [0.29, 0.717) is 13.2 Å². The van der Waals surface area contributed by atoms with E-state index in [1.807, 2.05) is 18.2 Å². The molecule has 0 aromatic heterocycles. The van der Waals surface area contributed by atoms with Gasteiger partial charge in [0.25, 0.3) is 0 Å². The van der Waals surface area contributed by atoms with Crippen LogP contribution >= 0.6 is 0 Å². The SMILES string of the molecule is COc1ccc(C2(C(=O)NCC3CN(Cc4ccccc4)CCO3)CCCCC2)cc1. The fraction of sp³-hybridized carbons (Fsp3) is 0.500. The summed E-state index contributed by atoms with van der Waals surface area (Å²) in [6.45, 7) is 3.95. The van der Waals surface area contributed by atoms with Gasteiger partial charge in [0.15, 0.2) is 0 Å². The van der Waals surface area contributed by atoms with E-state index in [2.05, 4.69) is 46.6 Å². The van der Waals surface area contributed by atoms with Gasteiger partial charge in [-0.15, -0.1) is 0 Å². The smallest absolute Gasteiger partial charge is 0.230 e. The highest BCUT2D eigenvalue weighted by Crippen LogP contribution is 2.40. The van der Waals surface area contributed by atoms with E-state index in [0.717, 1.165) is 56.6 Å². The Balaban J connectivity index is 1.38. The predicted molar refractivity (Wildman–Crippen MR) is 122 cm³/mol. The third-order valence-corrected chi connectivity index (χ3v) is 6.75. The number of methoxy groups -OCH3 is 1. The van der Waals surface area contributed by atoms with Crippen molar-refractivity contribution < 1.29 is 14.3 Å². The van der Waals surface area contributed by atoms with Gasteiger partial charge >= 0.3 is 0 Å². The zero-order valence-corrected chi connectivity index (χ0v) is 18.5. The summed E-state index contributed by atoms with van der Waals surface area (Å²) in [6, 6.07) is 18.6. The highest BCUT2D eigenvalue weighted by molar-refractivity contribution is 5.88. The summed E-state index contributed by atoms with van der Waals surface area (Å²) in [5.74, 6) is 0.963. The Kier molecular flexibility index (Phi) is 7.25. The monoisotopic (exact) mass is 422 g/mol. The first-order valence-corrected chi connectivity index (χ1v) is 11.5. The molecule has 1 N–H and O–H groups in total. The van der Waals surface area contributed by atoms with E-state index in [9.17, 15) is 4.79 Å². The summed E-state index contributed by atoms with van der Waals surface area (Å²) in [6.07, 6.45) is 5.20. The summed E-state index contributed by atoms with van der Waals surface area (Å²) in [4.78, 5) is 15.9. The average molecular weight is 423 g/mol. The lowest BCUT2D eigenvalue weighted by Gasteiger charge is -2.38. The van der Waals surface area contributed by atoms with Gasteiger partial charge in [0.05, 0.1) is 25.2 Å². The first-order valence-electron chi connectivity index (χ1n) is 11.5. The van der Waals surface area contributed by atoms with Crippen molar-refractivity contribution in [3.8, 4) is 5.75 Å². The third-order valence-electron chi connectivity index (χ3n) is 6.75. The second kappa shape index (κ2) is 10.3. The molecule has 1 saturated carbocycles. The van der Waals surface area contributed by atoms with Crippen molar-refractivity contribution in [1.82, 2.24) is 10.2 Å². The van der Waals surface area contributed by atoms with Crippen molar-refractivity contribution in [3.05, 3.63) is 65.7 Å². The molecule has 5 heteroatoms. The van der Waals surface area contributed by atoms with Crippen LogP contribution < -0.4 is 10.1 Å². The molecule has 1 heterocycles.